The summed E-state index contributed by atoms with van der Waals surface area (Å²) in [5.41, 5.74) is 0.795. The number of hydrogen-bond donors (Lipinski definition) is 1. The number of aliphatic imine (C=N–C) groups is 1. The molecule has 5 heteroatoms. The zero-order valence-corrected chi connectivity index (χ0v) is 9.83. The fraction of sp³-hybridized carbons (Fsp3) is 0.0909. The molecule has 0 amide bonds. The van der Waals surface area contributed by atoms with Gasteiger partial charge in [-0.2, -0.15) is 0 Å². The standard InChI is InChI=1S/C11H9BrN2O2/c12-8-6-13-10(11(15)16)14(7-8)9-4-2-1-3-5-9/h1-7,10H,(H,15,16). The molecule has 0 aliphatic carbocycles. The fourth-order valence-corrected chi connectivity index (χ4v) is 1.79. The Morgan fingerprint density at radius 2 is 2.06 bits per heavy atom. The second-order valence-electron chi connectivity index (χ2n) is 3.25. The number of carboxylic acids is 1. The van der Waals surface area contributed by atoms with E-state index in [1.165, 1.54) is 6.21 Å². The summed E-state index contributed by atoms with van der Waals surface area (Å²) < 4.78 is 0.744. The van der Waals surface area contributed by atoms with Gasteiger partial charge in [0, 0.05) is 18.1 Å². The van der Waals surface area contributed by atoms with Crippen molar-refractivity contribution < 1.29 is 9.90 Å². The van der Waals surface area contributed by atoms with Crippen molar-refractivity contribution in [2.24, 2.45) is 4.99 Å². The van der Waals surface area contributed by atoms with Gasteiger partial charge in [0.2, 0.25) is 6.17 Å². The highest BCUT2D eigenvalue weighted by Gasteiger charge is 2.25. The van der Waals surface area contributed by atoms with Crippen LogP contribution in [0.2, 0.25) is 0 Å². The van der Waals surface area contributed by atoms with Crippen LogP contribution >= 0.6 is 15.9 Å². The number of rotatable bonds is 2. The van der Waals surface area contributed by atoms with Gasteiger partial charge in [0.05, 0.1) is 4.48 Å². The Balaban J connectivity index is 2.37. The van der Waals surface area contributed by atoms with Gasteiger partial charge in [-0.15, -0.1) is 0 Å². The van der Waals surface area contributed by atoms with E-state index in [-0.39, 0.29) is 0 Å². The predicted octanol–water partition coefficient (Wildman–Crippen LogP) is 2.22. The SMILES string of the molecule is O=C(O)C1N=CC(Br)=CN1c1ccccc1. The van der Waals surface area contributed by atoms with Gasteiger partial charge < -0.3 is 10.0 Å². The molecule has 1 aliphatic rings. The first-order chi connectivity index (χ1) is 7.68. The van der Waals surface area contributed by atoms with Crippen LogP contribution < -0.4 is 4.90 Å². The van der Waals surface area contributed by atoms with E-state index in [2.05, 4.69) is 20.9 Å². The molecule has 0 spiro atoms. The molecule has 1 atom stereocenters. The Morgan fingerprint density at radius 1 is 1.38 bits per heavy atom. The summed E-state index contributed by atoms with van der Waals surface area (Å²) in [4.78, 5) is 16.6. The molecule has 1 aromatic rings. The van der Waals surface area contributed by atoms with Crippen LogP contribution in [-0.2, 0) is 4.79 Å². The molecule has 1 N–H and O–H groups in total. The fourth-order valence-electron chi connectivity index (χ4n) is 1.45. The van der Waals surface area contributed by atoms with Crippen LogP contribution in [0.1, 0.15) is 0 Å². The maximum atomic E-state index is 11.0. The maximum Gasteiger partial charge on any atom is 0.349 e. The molecule has 0 fully saturated rings. The monoisotopic (exact) mass is 280 g/mol. The maximum absolute atomic E-state index is 11.0. The van der Waals surface area contributed by atoms with Gasteiger partial charge in [0.25, 0.3) is 0 Å². The summed E-state index contributed by atoms with van der Waals surface area (Å²) in [6.45, 7) is 0. The number of aliphatic carboxylic acids is 1. The number of allylic oxidation sites excluding steroid dienone is 1. The van der Waals surface area contributed by atoms with Gasteiger partial charge in [-0.05, 0) is 28.1 Å². The average molecular weight is 281 g/mol. The molecule has 1 heterocycles. The number of halogens is 1. The van der Waals surface area contributed by atoms with E-state index in [0.29, 0.717) is 0 Å². The number of benzene rings is 1. The van der Waals surface area contributed by atoms with E-state index in [1.54, 1.807) is 11.1 Å². The van der Waals surface area contributed by atoms with Crippen LogP contribution in [0.15, 0.2) is 46.0 Å². The van der Waals surface area contributed by atoms with Crippen molar-refractivity contribution in [1.82, 2.24) is 0 Å². The van der Waals surface area contributed by atoms with Crippen molar-refractivity contribution in [2.45, 2.75) is 6.17 Å². The van der Waals surface area contributed by atoms with Crippen molar-refractivity contribution in [3.8, 4) is 0 Å². The molecule has 1 aromatic carbocycles. The lowest BCUT2D eigenvalue weighted by Crippen LogP contribution is -2.38. The minimum atomic E-state index is -0.976. The summed E-state index contributed by atoms with van der Waals surface area (Å²) >= 11 is 3.28. The summed E-state index contributed by atoms with van der Waals surface area (Å²) in [6, 6.07) is 9.27. The van der Waals surface area contributed by atoms with Crippen molar-refractivity contribution >= 4 is 33.8 Å². The zero-order valence-electron chi connectivity index (χ0n) is 8.25. The second-order valence-corrected chi connectivity index (χ2v) is 4.16. The van der Waals surface area contributed by atoms with Crippen LogP contribution in [0.3, 0.4) is 0 Å². The molecular weight excluding hydrogens is 272 g/mol. The Hall–Kier alpha value is -1.62. The number of anilines is 1. The molecule has 0 saturated heterocycles. The van der Waals surface area contributed by atoms with Crippen LogP contribution in [0.25, 0.3) is 0 Å². The van der Waals surface area contributed by atoms with Crippen molar-refractivity contribution in [2.75, 3.05) is 4.90 Å². The van der Waals surface area contributed by atoms with E-state index in [9.17, 15) is 4.79 Å². The number of para-hydroxylation sites is 1. The zero-order chi connectivity index (χ0) is 11.5. The highest BCUT2D eigenvalue weighted by molar-refractivity contribution is 9.12. The third-order valence-corrected chi connectivity index (χ3v) is 2.55. The van der Waals surface area contributed by atoms with Crippen molar-refractivity contribution in [3.63, 3.8) is 0 Å². The summed E-state index contributed by atoms with van der Waals surface area (Å²) in [6.07, 6.45) is 2.31. The van der Waals surface area contributed by atoms with Crippen LogP contribution in [0.4, 0.5) is 5.69 Å². The first-order valence-electron chi connectivity index (χ1n) is 4.65. The van der Waals surface area contributed by atoms with Crippen LogP contribution in [-0.4, -0.2) is 23.5 Å². The number of carbonyl (C=O) groups is 1. The lowest BCUT2D eigenvalue weighted by Gasteiger charge is -2.27. The van der Waals surface area contributed by atoms with Crippen LogP contribution in [0, 0.1) is 0 Å². The second kappa shape index (κ2) is 4.49. The Bertz CT molecular complexity index is 456. The van der Waals surface area contributed by atoms with Gasteiger partial charge in [-0.25, -0.2) is 4.79 Å². The topological polar surface area (TPSA) is 52.9 Å². The Labute approximate surface area is 101 Å². The smallest absolute Gasteiger partial charge is 0.349 e. The van der Waals surface area contributed by atoms with Crippen molar-refractivity contribution in [1.29, 1.82) is 0 Å². The normalized spacial score (nSPS) is 19.4. The van der Waals surface area contributed by atoms with Gasteiger partial charge in [0.15, 0.2) is 0 Å². The molecule has 0 saturated carbocycles. The Kier molecular flexibility index (Phi) is 3.05. The minimum absolute atomic E-state index is 0.744. The average Bonchev–Trinajstić information content (AvgIpc) is 2.29. The van der Waals surface area contributed by atoms with Gasteiger partial charge in [-0.3, -0.25) is 4.99 Å². The highest BCUT2D eigenvalue weighted by atomic mass is 79.9. The predicted molar refractivity (Wildman–Crippen MR) is 65.8 cm³/mol. The molecule has 4 nitrogen and oxygen atoms in total. The van der Waals surface area contributed by atoms with Crippen LogP contribution in [0.5, 0.6) is 0 Å². The third-order valence-electron chi connectivity index (χ3n) is 2.14. The molecule has 0 bridgehead atoms. The molecule has 1 aliphatic heterocycles. The van der Waals surface area contributed by atoms with E-state index < -0.39 is 12.1 Å². The van der Waals surface area contributed by atoms with E-state index in [4.69, 9.17) is 5.11 Å². The van der Waals surface area contributed by atoms with E-state index in [0.717, 1.165) is 10.2 Å². The molecule has 82 valence electrons. The highest BCUT2D eigenvalue weighted by Crippen LogP contribution is 2.23. The van der Waals surface area contributed by atoms with Gasteiger partial charge >= 0.3 is 5.97 Å². The van der Waals surface area contributed by atoms with Crippen molar-refractivity contribution in [3.05, 3.63) is 41.0 Å². The lowest BCUT2D eigenvalue weighted by molar-refractivity contribution is -0.138. The molecule has 2 rings (SSSR count). The van der Waals surface area contributed by atoms with Gasteiger partial charge in [-0.1, -0.05) is 18.2 Å². The third kappa shape index (κ3) is 2.14. The molecule has 0 radical (unpaired) electrons. The summed E-state index contributed by atoms with van der Waals surface area (Å²) in [7, 11) is 0. The van der Waals surface area contributed by atoms with E-state index in [1.807, 2.05) is 30.3 Å². The molecule has 16 heavy (non-hydrogen) atoms. The largest absolute Gasteiger partial charge is 0.478 e. The first kappa shape index (κ1) is 10.9. The van der Waals surface area contributed by atoms with E-state index >= 15 is 0 Å². The molecular formula is C11H9BrN2O2. The summed E-state index contributed by atoms with van der Waals surface area (Å²) in [5, 5.41) is 9.06. The summed E-state index contributed by atoms with van der Waals surface area (Å²) in [5.74, 6) is -0.976. The first-order valence-corrected chi connectivity index (χ1v) is 5.44. The molecule has 1 unspecified atom stereocenters. The minimum Gasteiger partial charge on any atom is -0.478 e. The molecule has 0 aromatic heterocycles. The lowest BCUT2D eigenvalue weighted by atomic mass is 10.2. The number of nitrogens with zero attached hydrogens (tertiary/aromatic N) is 2. The van der Waals surface area contributed by atoms with Gasteiger partial charge in [0.1, 0.15) is 0 Å². The number of hydrogen-bond acceptors (Lipinski definition) is 3. The number of carboxylic acid groups (broad SMARTS) is 1. The Morgan fingerprint density at radius 3 is 2.69 bits per heavy atom. The quantitative estimate of drug-likeness (QED) is 0.904.